The van der Waals surface area contributed by atoms with E-state index < -0.39 is 11.6 Å². The number of esters is 1. The lowest BCUT2D eigenvalue weighted by Crippen LogP contribution is -3.00. The smallest absolute Gasteiger partial charge is 0.349 e. The number of halogens is 1. The first kappa shape index (κ1) is 22.9. The molecule has 3 aliphatic heterocycles. The summed E-state index contributed by atoms with van der Waals surface area (Å²) < 4.78 is 12.6. The number of carbonyl (C=O) groups excluding carboxylic acids is 1. The van der Waals surface area contributed by atoms with Crippen molar-refractivity contribution in [2.24, 2.45) is 0 Å². The fourth-order valence-electron chi connectivity index (χ4n) is 4.83. The molecule has 0 aliphatic carbocycles. The van der Waals surface area contributed by atoms with E-state index in [2.05, 4.69) is 14.1 Å². The average Bonchev–Trinajstić information content (AvgIpc) is 3.06. The highest BCUT2D eigenvalue weighted by atomic mass is 79.9. The molecule has 0 saturated carbocycles. The summed E-state index contributed by atoms with van der Waals surface area (Å²) in [6.45, 7) is 0. The van der Waals surface area contributed by atoms with E-state index in [1.807, 2.05) is 22.9 Å². The van der Waals surface area contributed by atoms with Crippen molar-refractivity contribution in [1.82, 2.24) is 0 Å². The summed E-state index contributed by atoms with van der Waals surface area (Å²) in [6, 6.07) is 8.01. The number of nitrogens with zero attached hydrogens (tertiary/aromatic N) is 1. The van der Waals surface area contributed by atoms with Crippen LogP contribution in [0.4, 0.5) is 0 Å². The Labute approximate surface area is 189 Å². The monoisotopic (exact) mass is 503 g/mol. The molecule has 1 unspecified atom stereocenters. The minimum atomic E-state index is -1.72. The first-order valence-electron chi connectivity index (χ1n) is 9.37. The fraction of sp³-hybridized carbons (Fsp3) is 0.550. The number of morpholine rings is 1. The number of hydrogen-bond donors (Lipinski definition) is 2. The van der Waals surface area contributed by atoms with Crippen molar-refractivity contribution in [2.75, 3.05) is 21.2 Å². The SMILES string of the molecule is CO.C[N+]1(C)[C@H]2CC(OC(=O)C(O)(c3cccs3)c3cccs3)C[C@H]1[C@H]1O[C@H]12.[Br-]. The van der Waals surface area contributed by atoms with Gasteiger partial charge in [-0.2, -0.15) is 0 Å². The van der Waals surface area contributed by atoms with E-state index >= 15 is 0 Å². The molecule has 5 heterocycles. The zero-order chi connectivity index (χ0) is 20.1. The van der Waals surface area contributed by atoms with Gasteiger partial charge in [-0.05, 0) is 22.9 Å². The van der Waals surface area contributed by atoms with E-state index in [1.54, 1.807) is 12.1 Å². The number of ether oxygens (including phenoxy) is 2. The third-order valence-corrected chi connectivity index (χ3v) is 8.32. The average molecular weight is 504 g/mol. The van der Waals surface area contributed by atoms with Crippen molar-refractivity contribution in [3.8, 4) is 0 Å². The van der Waals surface area contributed by atoms with Crippen LogP contribution in [0, 0.1) is 0 Å². The number of hydrogen-bond acceptors (Lipinski definition) is 7. The van der Waals surface area contributed by atoms with E-state index in [-0.39, 0.29) is 23.1 Å². The number of aliphatic hydroxyl groups is 2. The molecule has 6 nitrogen and oxygen atoms in total. The molecule has 5 rings (SSSR count). The van der Waals surface area contributed by atoms with Crippen molar-refractivity contribution in [3.05, 3.63) is 44.8 Å². The molecule has 5 atom stereocenters. The number of fused-ring (bicyclic) bond motifs is 5. The Bertz CT molecular complexity index is 772. The van der Waals surface area contributed by atoms with Gasteiger partial charge in [0.05, 0.1) is 23.8 Å². The number of epoxide rings is 1. The number of aliphatic hydroxyl groups excluding tert-OH is 1. The van der Waals surface area contributed by atoms with Crippen molar-refractivity contribution < 1.29 is 45.9 Å². The van der Waals surface area contributed by atoms with Crippen molar-refractivity contribution >= 4 is 28.6 Å². The number of likely N-dealkylation sites (N-methyl/N-ethyl adjacent to an activating group) is 1. The number of carbonyl (C=O) groups is 1. The lowest BCUT2D eigenvalue weighted by atomic mass is 9.95. The maximum Gasteiger partial charge on any atom is 0.349 e. The molecule has 160 valence electrons. The summed E-state index contributed by atoms with van der Waals surface area (Å²) in [7, 11) is 5.49. The molecule has 3 fully saturated rings. The van der Waals surface area contributed by atoms with Crippen molar-refractivity contribution in [3.63, 3.8) is 0 Å². The maximum absolute atomic E-state index is 13.1. The molecule has 2 aromatic heterocycles. The predicted molar refractivity (Wildman–Crippen MR) is 107 cm³/mol. The Hall–Kier alpha value is -0.810. The predicted octanol–water partition coefficient (Wildman–Crippen LogP) is -1.04. The van der Waals surface area contributed by atoms with Gasteiger partial charge in [0.1, 0.15) is 30.4 Å². The molecule has 0 radical (unpaired) electrons. The lowest BCUT2D eigenvalue weighted by Gasteiger charge is -2.45. The van der Waals surface area contributed by atoms with Gasteiger partial charge in [-0.3, -0.25) is 0 Å². The Morgan fingerprint density at radius 1 is 1.10 bits per heavy atom. The number of rotatable bonds is 4. The molecule has 2 N–H and O–H groups in total. The van der Waals surface area contributed by atoms with Gasteiger partial charge in [-0.1, -0.05) is 12.1 Å². The highest BCUT2D eigenvalue weighted by molar-refractivity contribution is 7.12. The zero-order valence-electron chi connectivity index (χ0n) is 16.5. The standard InChI is InChI=1S/C19H22NO4S2.CH4O.BrH/c1-20(2)12-9-11(10-13(20)17-16(12)24-17)23-18(21)19(22,14-5-3-7-25-14)15-6-4-8-26-15;1-2;/h3-8,11-13,16-17,22H,9-10H2,1-2H3;2H,1H3;1H/q+1;;/p-1/t11?,12-,13-,16-,17+;;/m0../s1. The summed E-state index contributed by atoms with van der Waals surface area (Å²) in [5, 5.41) is 22.1. The first-order valence-corrected chi connectivity index (χ1v) is 11.1. The second-order valence-electron chi connectivity index (χ2n) is 7.99. The van der Waals surface area contributed by atoms with E-state index in [4.69, 9.17) is 14.6 Å². The number of quaternary nitrogens is 1. The molecule has 0 spiro atoms. The summed E-state index contributed by atoms with van der Waals surface area (Å²) in [5.74, 6) is -0.561. The van der Waals surface area contributed by atoms with Crippen LogP contribution < -0.4 is 17.0 Å². The quantitative estimate of drug-likeness (QED) is 0.316. The topological polar surface area (TPSA) is 79.3 Å². The van der Waals surface area contributed by atoms with Crippen LogP contribution in [0.1, 0.15) is 22.6 Å². The molecule has 3 saturated heterocycles. The largest absolute Gasteiger partial charge is 1.00 e. The Morgan fingerprint density at radius 2 is 1.59 bits per heavy atom. The maximum atomic E-state index is 13.1. The fourth-order valence-corrected chi connectivity index (χ4v) is 6.54. The van der Waals surface area contributed by atoms with Gasteiger partial charge in [0.25, 0.3) is 0 Å². The van der Waals surface area contributed by atoms with Gasteiger partial charge in [-0.15, -0.1) is 22.7 Å². The highest BCUT2D eigenvalue weighted by Gasteiger charge is 2.71. The minimum Gasteiger partial charge on any atom is -1.00 e. The van der Waals surface area contributed by atoms with Crippen LogP contribution in [-0.4, -0.2) is 72.3 Å². The molecule has 9 heteroatoms. The van der Waals surface area contributed by atoms with E-state index in [0.717, 1.165) is 24.4 Å². The van der Waals surface area contributed by atoms with Gasteiger partial charge in [-0.25, -0.2) is 4.79 Å². The summed E-state index contributed by atoms with van der Waals surface area (Å²) in [4.78, 5) is 14.3. The van der Waals surface area contributed by atoms with Gasteiger partial charge in [0, 0.05) is 20.0 Å². The molecule has 0 aromatic carbocycles. The second-order valence-corrected chi connectivity index (χ2v) is 9.89. The zero-order valence-corrected chi connectivity index (χ0v) is 19.7. The number of thiophene rings is 2. The van der Waals surface area contributed by atoms with E-state index in [9.17, 15) is 9.90 Å². The van der Waals surface area contributed by atoms with Gasteiger partial charge in [0.15, 0.2) is 0 Å². The van der Waals surface area contributed by atoms with Gasteiger partial charge < -0.3 is 41.2 Å². The summed E-state index contributed by atoms with van der Waals surface area (Å²) in [5.41, 5.74) is -1.72. The molecule has 29 heavy (non-hydrogen) atoms. The van der Waals surface area contributed by atoms with Crippen LogP contribution in [0.25, 0.3) is 0 Å². The third-order valence-electron chi connectivity index (χ3n) is 6.36. The van der Waals surface area contributed by atoms with Crippen molar-refractivity contribution in [2.45, 2.75) is 48.8 Å². The molecular weight excluding hydrogens is 478 g/mol. The van der Waals surface area contributed by atoms with Gasteiger partial charge >= 0.3 is 5.97 Å². The second kappa shape index (κ2) is 8.37. The van der Waals surface area contributed by atoms with Crippen LogP contribution >= 0.6 is 22.7 Å². The van der Waals surface area contributed by atoms with Gasteiger partial charge in [0.2, 0.25) is 5.60 Å². The number of piperidine rings is 1. The van der Waals surface area contributed by atoms with Crippen LogP contribution in [0.2, 0.25) is 0 Å². The van der Waals surface area contributed by atoms with Crippen LogP contribution in [0.5, 0.6) is 0 Å². The van der Waals surface area contributed by atoms with Crippen LogP contribution in [-0.2, 0) is 19.9 Å². The summed E-state index contributed by atoms with van der Waals surface area (Å²) in [6.07, 6.45) is 2.05. The van der Waals surface area contributed by atoms with Crippen LogP contribution in [0.15, 0.2) is 35.0 Å². The minimum absolute atomic E-state index is 0. The highest BCUT2D eigenvalue weighted by Crippen LogP contribution is 2.52. The first-order chi connectivity index (χ1) is 13.4. The Balaban J connectivity index is 0.000000778. The Kier molecular flexibility index (Phi) is 6.60. The molecule has 3 aliphatic rings. The van der Waals surface area contributed by atoms with Crippen molar-refractivity contribution in [1.29, 1.82) is 0 Å². The molecule has 0 amide bonds. The van der Waals surface area contributed by atoms with Crippen LogP contribution in [0.3, 0.4) is 0 Å². The van der Waals surface area contributed by atoms with E-state index in [1.165, 1.54) is 22.7 Å². The lowest BCUT2D eigenvalue weighted by molar-refractivity contribution is -0.938. The molecule has 2 aromatic rings. The molecule has 2 bridgehead atoms. The molecular formula is C20H26BrNO5S2. The Morgan fingerprint density at radius 3 is 2.00 bits per heavy atom. The van der Waals surface area contributed by atoms with E-state index in [0.29, 0.717) is 34.0 Å². The normalized spacial score (nSPS) is 31.0. The third kappa shape index (κ3) is 3.60. The summed E-state index contributed by atoms with van der Waals surface area (Å²) >= 11 is 2.74.